The topological polar surface area (TPSA) is 62.1 Å². The SMILES string of the molecule is Cc1ccc(NC(=O)/C(C#N)=C/c2c(OC(C)C)ccc3ccccc23)cc1C. The number of benzene rings is 3. The third kappa shape index (κ3) is 4.64. The van der Waals surface area contributed by atoms with Crippen molar-refractivity contribution in [2.24, 2.45) is 0 Å². The lowest BCUT2D eigenvalue weighted by Gasteiger charge is -2.15. The van der Waals surface area contributed by atoms with Crippen LogP contribution in [0.2, 0.25) is 0 Å². The zero-order valence-corrected chi connectivity index (χ0v) is 17.1. The van der Waals surface area contributed by atoms with Gasteiger partial charge in [0.25, 0.3) is 5.91 Å². The van der Waals surface area contributed by atoms with E-state index in [1.807, 2.05) is 88.4 Å². The zero-order valence-electron chi connectivity index (χ0n) is 17.1. The monoisotopic (exact) mass is 384 g/mol. The highest BCUT2D eigenvalue weighted by atomic mass is 16.5. The van der Waals surface area contributed by atoms with Gasteiger partial charge in [-0.3, -0.25) is 4.79 Å². The number of nitrogens with zero attached hydrogens (tertiary/aromatic N) is 1. The van der Waals surface area contributed by atoms with Crippen molar-refractivity contribution in [3.63, 3.8) is 0 Å². The maximum Gasteiger partial charge on any atom is 0.266 e. The van der Waals surface area contributed by atoms with Gasteiger partial charge in [-0.1, -0.05) is 36.4 Å². The second-order valence-corrected chi connectivity index (χ2v) is 7.29. The van der Waals surface area contributed by atoms with Gasteiger partial charge in [0.2, 0.25) is 0 Å². The lowest BCUT2D eigenvalue weighted by molar-refractivity contribution is -0.112. The summed E-state index contributed by atoms with van der Waals surface area (Å²) in [7, 11) is 0. The van der Waals surface area contributed by atoms with Crippen molar-refractivity contribution in [3.8, 4) is 11.8 Å². The molecular weight excluding hydrogens is 360 g/mol. The molecule has 0 atom stereocenters. The number of nitrogens with one attached hydrogen (secondary N) is 1. The molecule has 1 N–H and O–H groups in total. The van der Waals surface area contributed by atoms with E-state index in [-0.39, 0.29) is 11.7 Å². The average molecular weight is 384 g/mol. The van der Waals surface area contributed by atoms with Gasteiger partial charge in [-0.05, 0) is 73.9 Å². The number of carbonyl (C=O) groups is 1. The zero-order chi connectivity index (χ0) is 21.0. The summed E-state index contributed by atoms with van der Waals surface area (Å²) in [5.41, 5.74) is 3.63. The highest BCUT2D eigenvalue weighted by Gasteiger charge is 2.14. The molecule has 0 saturated heterocycles. The van der Waals surface area contributed by atoms with E-state index in [1.165, 1.54) is 0 Å². The minimum atomic E-state index is -0.445. The van der Waals surface area contributed by atoms with Crippen molar-refractivity contribution < 1.29 is 9.53 Å². The molecule has 0 aliphatic heterocycles. The smallest absolute Gasteiger partial charge is 0.266 e. The molecule has 0 fully saturated rings. The third-order valence-electron chi connectivity index (χ3n) is 4.71. The van der Waals surface area contributed by atoms with E-state index >= 15 is 0 Å². The molecule has 4 heteroatoms. The Morgan fingerprint density at radius 1 is 1.07 bits per heavy atom. The Labute approximate surface area is 171 Å². The van der Waals surface area contributed by atoms with E-state index in [0.29, 0.717) is 11.4 Å². The lowest BCUT2D eigenvalue weighted by Crippen LogP contribution is -2.14. The number of aryl methyl sites for hydroxylation is 2. The van der Waals surface area contributed by atoms with Gasteiger partial charge in [-0.15, -0.1) is 0 Å². The highest BCUT2D eigenvalue weighted by molar-refractivity contribution is 6.11. The number of nitriles is 1. The molecule has 0 aliphatic carbocycles. The van der Waals surface area contributed by atoms with Crippen molar-refractivity contribution in [1.82, 2.24) is 0 Å². The van der Waals surface area contributed by atoms with Crippen molar-refractivity contribution in [1.29, 1.82) is 5.26 Å². The molecule has 0 aromatic heterocycles. The molecule has 3 rings (SSSR count). The van der Waals surface area contributed by atoms with Gasteiger partial charge >= 0.3 is 0 Å². The Balaban J connectivity index is 2.03. The van der Waals surface area contributed by atoms with E-state index < -0.39 is 5.91 Å². The summed E-state index contributed by atoms with van der Waals surface area (Å²) in [6, 6.07) is 19.4. The van der Waals surface area contributed by atoms with Crippen LogP contribution in [-0.2, 0) is 4.79 Å². The van der Waals surface area contributed by atoms with Crippen LogP contribution in [0.1, 0.15) is 30.5 Å². The Kier molecular flexibility index (Phi) is 5.99. The number of carbonyl (C=O) groups excluding carboxylic acids is 1. The molecule has 1 amide bonds. The third-order valence-corrected chi connectivity index (χ3v) is 4.71. The summed E-state index contributed by atoms with van der Waals surface area (Å²) in [5, 5.41) is 14.4. The van der Waals surface area contributed by atoms with Gasteiger partial charge in [0.15, 0.2) is 0 Å². The summed E-state index contributed by atoms with van der Waals surface area (Å²) in [4.78, 5) is 12.8. The predicted molar refractivity (Wildman–Crippen MR) is 118 cm³/mol. The molecule has 4 nitrogen and oxygen atoms in total. The number of amides is 1. The first-order valence-electron chi connectivity index (χ1n) is 9.58. The Hall–Kier alpha value is -3.58. The first-order chi connectivity index (χ1) is 13.9. The quantitative estimate of drug-likeness (QED) is 0.447. The number of rotatable bonds is 5. The van der Waals surface area contributed by atoms with Crippen molar-refractivity contribution in [2.45, 2.75) is 33.8 Å². The molecule has 3 aromatic carbocycles. The standard InChI is InChI=1S/C25H24N2O2/c1-16(2)29-24-12-10-19-7-5-6-8-22(19)23(24)14-20(15-26)25(28)27-21-11-9-17(3)18(4)13-21/h5-14,16H,1-4H3,(H,27,28)/b20-14+. The highest BCUT2D eigenvalue weighted by Crippen LogP contribution is 2.31. The van der Waals surface area contributed by atoms with E-state index in [1.54, 1.807) is 6.08 Å². The van der Waals surface area contributed by atoms with Crippen LogP contribution in [0.3, 0.4) is 0 Å². The maximum atomic E-state index is 12.8. The molecule has 146 valence electrons. The number of ether oxygens (including phenoxy) is 1. The van der Waals surface area contributed by atoms with Crippen molar-refractivity contribution >= 4 is 28.4 Å². The molecule has 0 aliphatic rings. The van der Waals surface area contributed by atoms with Crippen LogP contribution in [0, 0.1) is 25.2 Å². The fraction of sp³-hybridized carbons (Fsp3) is 0.200. The second kappa shape index (κ2) is 8.62. The fourth-order valence-corrected chi connectivity index (χ4v) is 3.09. The van der Waals surface area contributed by atoms with E-state index in [0.717, 1.165) is 27.5 Å². The molecular formula is C25H24N2O2. The van der Waals surface area contributed by atoms with E-state index in [4.69, 9.17) is 4.74 Å². The van der Waals surface area contributed by atoms with Crippen LogP contribution < -0.4 is 10.1 Å². The fourth-order valence-electron chi connectivity index (χ4n) is 3.09. The summed E-state index contributed by atoms with van der Waals surface area (Å²) < 4.78 is 5.94. The van der Waals surface area contributed by atoms with Gasteiger partial charge in [0.1, 0.15) is 17.4 Å². The van der Waals surface area contributed by atoms with Crippen LogP contribution in [0.15, 0.2) is 60.2 Å². The van der Waals surface area contributed by atoms with Crippen molar-refractivity contribution in [2.75, 3.05) is 5.32 Å². The molecule has 0 spiro atoms. The number of fused-ring (bicyclic) bond motifs is 1. The molecule has 29 heavy (non-hydrogen) atoms. The first-order valence-corrected chi connectivity index (χ1v) is 9.58. The van der Waals surface area contributed by atoms with Crippen LogP contribution in [0.4, 0.5) is 5.69 Å². The van der Waals surface area contributed by atoms with E-state index in [9.17, 15) is 10.1 Å². The minimum Gasteiger partial charge on any atom is -0.490 e. The summed E-state index contributed by atoms with van der Waals surface area (Å²) >= 11 is 0. The van der Waals surface area contributed by atoms with Crippen LogP contribution in [-0.4, -0.2) is 12.0 Å². The molecule has 0 radical (unpaired) electrons. The normalized spacial score (nSPS) is 11.4. The van der Waals surface area contributed by atoms with Gasteiger partial charge in [0.05, 0.1) is 6.10 Å². The largest absolute Gasteiger partial charge is 0.490 e. The van der Waals surface area contributed by atoms with Crippen LogP contribution in [0.25, 0.3) is 16.8 Å². The summed E-state index contributed by atoms with van der Waals surface area (Å²) in [6.07, 6.45) is 1.58. The maximum absolute atomic E-state index is 12.8. The van der Waals surface area contributed by atoms with Gasteiger partial charge < -0.3 is 10.1 Å². The predicted octanol–water partition coefficient (Wildman–Crippen LogP) is 5.79. The number of hydrogen-bond donors (Lipinski definition) is 1. The van der Waals surface area contributed by atoms with Crippen LogP contribution >= 0.6 is 0 Å². The molecule has 0 unspecified atom stereocenters. The number of anilines is 1. The van der Waals surface area contributed by atoms with Crippen LogP contribution in [0.5, 0.6) is 5.75 Å². The molecule has 0 heterocycles. The Bertz CT molecular complexity index is 1140. The first kappa shape index (κ1) is 20.2. The van der Waals surface area contributed by atoms with Gasteiger partial charge in [-0.2, -0.15) is 5.26 Å². The number of hydrogen-bond acceptors (Lipinski definition) is 3. The Morgan fingerprint density at radius 3 is 2.52 bits per heavy atom. The summed E-state index contributed by atoms with van der Waals surface area (Å²) in [6.45, 7) is 7.89. The lowest BCUT2D eigenvalue weighted by atomic mass is 10.0. The average Bonchev–Trinajstić information content (AvgIpc) is 2.69. The Morgan fingerprint density at radius 2 is 1.83 bits per heavy atom. The van der Waals surface area contributed by atoms with Crippen molar-refractivity contribution in [3.05, 3.63) is 76.9 Å². The van der Waals surface area contributed by atoms with Gasteiger partial charge in [0, 0.05) is 11.3 Å². The minimum absolute atomic E-state index is 0.0215. The van der Waals surface area contributed by atoms with E-state index in [2.05, 4.69) is 5.32 Å². The van der Waals surface area contributed by atoms with Gasteiger partial charge in [-0.25, -0.2) is 0 Å². The molecule has 0 saturated carbocycles. The second-order valence-electron chi connectivity index (χ2n) is 7.29. The summed E-state index contributed by atoms with van der Waals surface area (Å²) in [5.74, 6) is 0.199. The molecule has 3 aromatic rings. The molecule has 0 bridgehead atoms.